The predicted molar refractivity (Wildman–Crippen MR) is 119 cm³/mol. The van der Waals surface area contributed by atoms with E-state index >= 15 is 0 Å². The van der Waals surface area contributed by atoms with Crippen LogP contribution in [0.5, 0.6) is 0 Å². The second-order valence-corrected chi connectivity index (χ2v) is 7.18. The molecule has 2 aliphatic heterocycles. The van der Waals surface area contributed by atoms with Gasteiger partial charge in [-0.1, -0.05) is 88.0 Å². The van der Waals surface area contributed by atoms with Crippen molar-refractivity contribution in [2.45, 2.75) is 46.5 Å². The zero-order valence-corrected chi connectivity index (χ0v) is 18.0. The van der Waals surface area contributed by atoms with Crippen LogP contribution in [0.3, 0.4) is 0 Å². The van der Waals surface area contributed by atoms with Crippen LogP contribution in [-0.4, -0.2) is 17.2 Å². The molecule has 2 aliphatic rings. The molecule has 4 nitrogen and oxygen atoms in total. The minimum atomic E-state index is -0.160. The van der Waals surface area contributed by atoms with Crippen molar-refractivity contribution < 1.29 is 9.59 Å². The minimum Gasteiger partial charge on any atom is -0.340 e. The van der Waals surface area contributed by atoms with Crippen molar-refractivity contribution in [3.05, 3.63) is 70.6 Å². The first-order valence-electron chi connectivity index (χ1n) is 9.82. The van der Waals surface area contributed by atoms with E-state index in [0.29, 0.717) is 17.0 Å². The average Bonchev–Trinajstić information content (AvgIpc) is 3.21. The number of anilines is 1. The van der Waals surface area contributed by atoms with Crippen LogP contribution in [0.25, 0.3) is 5.57 Å². The first kappa shape index (κ1) is 21.8. The van der Waals surface area contributed by atoms with E-state index in [-0.39, 0.29) is 17.2 Å². The van der Waals surface area contributed by atoms with Crippen LogP contribution in [0.2, 0.25) is 0 Å². The maximum atomic E-state index is 13.1. The van der Waals surface area contributed by atoms with E-state index in [2.05, 4.69) is 5.32 Å². The standard InChI is InChI=1S/C19H16N2O2S.2C2H6/c1-12-20-18(22)17(24-12)16-14-9-5-6-10-15(14)21(19(16)23)11-13-7-3-2-4-8-13;2*1-2/h2-10,12H,11H2,1H3,(H,20,22);2*1-2H3/b17-16-;;. The van der Waals surface area contributed by atoms with Crippen molar-refractivity contribution >= 4 is 34.8 Å². The summed E-state index contributed by atoms with van der Waals surface area (Å²) >= 11 is 1.42. The summed E-state index contributed by atoms with van der Waals surface area (Å²) in [5.74, 6) is -0.265. The maximum absolute atomic E-state index is 13.1. The second kappa shape index (κ2) is 10.1. The SMILES string of the molecule is CC.CC.CC1NC(=O)/C(=C2/C(=O)N(Cc3ccccc3)c3ccccc32)S1. The predicted octanol–water partition coefficient (Wildman–Crippen LogP) is 5.21. The number of carbonyl (C=O) groups is 2. The van der Waals surface area contributed by atoms with E-state index < -0.39 is 0 Å². The first-order valence-corrected chi connectivity index (χ1v) is 10.7. The molecule has 1 unspecified atom stereocenters. The summed E-state index contributed by atoms with van der Waals surface area (Å²) in [5.41, 5.74) is 3.28. The van der Waals surface area contributed by atoms with Crippen LogP contribution in [0.4, 0.5) is 5.69 Å². The third-order valence-electron chi connectivity index (χ3n) is 4.17. The van der Waals surface area contributed by atoms with Crippen LogP contribution in [-0.2, 0) is 16.1 Å². The summed E-state index contributed by atoms with van der Waals surface area (Å²) in [6, 6.07) is 17.5. The van der Waals surface area contributed by atoms with Crippen molar-refractivity contribution in [2.75, 3.05) is 4.90 Å². The van der Waals surface area contributed by atoms with Gasteiger partial charge in [-0.2, -0.15) is 0 Å². The average molecular weight is 397 g/mol. The molecule has 28 heavy (non-hydrogen) atoms. The molecule has 1 atom stereocenters. The van der Waals surface area contributed by atoms with Crippen LogP contribution in [0.1, 0.15) is 45.7 Å². The summed E-state index contributed by atoms with van der Waals surface area (Å²) in [7, 11) is 0. The number of nitrogens with one attached hydrogen (secondary N) is 1. The van der Waals surface area contributed by atoms with Gasteiger partial charge in [-0.25, -0.2) is 0 Å². The van der Waals surface area contributed by atoms with Crippen molar-refractivity contribution in [3.8, 4) is 0 Å². The number of thioether (sulfide) groups is 1. The number of nitrogens with zero attached hydrogens (tertiary/aromatic N) is 1. The lowest BCUT2D eigenvalue weighted by atomic mass is 10.1. The van der Waals surface area contributed by atoms with Gasteiger partial charge in [0.2, 0.25) is 0 Å². The molecule has 2 aromatic rings. The lowest BCUT2D eigenvalue weighted by molar-refractivity contribution is -0.117. The second-order valence-electron chi connectivity index (χ2n) is 5.83. The highest BCUT2D eigenvalue weighted by Gasteiger charge is 2.38. The molecule has 1 fully saturated rings. The van der Waals surface area contributed by atoms with Gasteiger partial charge in [0.05, 0.1) is 28.1 Å². The van der Waals surface area contributed by atoms with Crippen molar-refractivity contribution in [1.29, 1.82) is 0 Å². The van der Waals surface area contributed by atoms with Gasteiger partial charge in [-0.3, -0.25) is 9.59 Å². The number of hydrogen-bond donors (Lipinski definition) is 1. The molecule has 0 radical (unpaired) electrons. The number of fused-ring (bicyclic) bond motifs is 1. The van der Waals surface area contributed by atoms with E-state index in [1.165, 1.54) is 11.8 Å². The Bertz CT molecular complexity index is 862. The summed E-state index contributed by atoms with van der Waals surface area (Å²) in [4.78, 5) is 27.6. The highest BCUT2D eigenvalue weighted by atomic mass is 32.2. The fraction of sp³-hybridized carbons (Fsp3) is 0.304. The molecule has 0 aromatic heterocycles. The number of para-hydroxylation sites is 1. The van der Waals surface area contributed by atoms with Gasteiger partial charge >= 0.3 is 0 Å². The molecule has 1 N–H and O–H groups in total. The van der Waals surface area contributed by atoms with Crippen molar-refractivity contribution in [2.24, 2.45) is 0 Å². The summed E-state index contributed by atoms with van der Waals surface area (Å²) in [5, 5.41) is 2.84. The number of amides is 2. The Morgan fingerprint density at radius 2 is 1.54 bits per heavy atom. The molecular formula is C23H28N2O2S. The van der Waals surface area contributed by atoms with Crippen LogP contribution >= 0.6 is 11.8 Å². The van der Waals surface area contributed by atoms with Crippen LogP contribution in [0.15, 0.2) is 59.5 Å². The summed E-state index contributed by atoms with van der Waals surface area (Å²) < 4.78 is 0. The highest BCUT2D eigenvalue weighted by Crippen LogP contribution is 2.43. The Labute approximate surface area is 172 Å². The fourth-order valence-electron chi connectivity index (χ4n) is 3.10. The summed E-state index contributed by atoms with van der Waals surface area (Å²) in [6.07, 6.45) is 0. The molecule has 5 heteroatoms. The third-order valence-corrected chi connectivity index (χ3v) is 5.27. The topological polar surface area (TPSA) is 49.4 Å². The van der Waals surface area contributed by atoms with Crippen molar-refractivity contribution in [1.82, 2.24) is 5.32 Å². The fourth-order valence-corrected chi connectivity index (χ4v) is 4.11. The highest BCUT2D eigenvalue weighted by molar-refractivity contribution is 8.05. The molecule has 148 valence electrons. The van der Waals surface area contributed by atoms with Crippen molar-refractivity contribution in [3.63, 3.8) is 0 Å². The van der Waals surface area contributed by atoms with E-state index in [1.807, 2.05) is 89.2 Å². The molecule has 2 aromatic carbocycles. The number of benzene rings is 2. The largest absolute Gasteiger partial charge is 0.340 e. The Morgan fingerprint density at radius 1 is 0.929 bits per heavy atom. The zero-order valence-electron chi connectivity index (χ0n) is 17.2. The van der Waals surface area contributed by atoms with E-state index in [4.69, 9.17) is 0 Å². The van der Waals surface area contributed by atoms with Gasteiger partial charge in [0.25, 0.3) is 11.8 Å². The first-order chi connectivity index (χ1) is 13.6. The van der Waals surface area contributed by atoms with Gasteiger partial charge in [0.15, 0.2) is 0 Å². The summed E-state index contributed by atoms with van der Waals surface area (Å²) in [6.45, 7) is 10.4. The molecule has 1 saturated heterocycles. The quantitative estimate of drug-likeness (QED) is 0.709. The number of rotatable bonds is 2. The Kier molecular flexibility index (Phi) is 7.88. The normalized spacial score (nSPS) is 19.9. The Balaban J connectivity index is 0.000000660. The Hall–Kier alpha value is -2.53. The molecule has 0 bridgehead atoms. The van der Waals surface area contributed by atoms with E-state index in [0.717, 1.165) is 16.8 Å². The van der Waals surface area contributed by atoms with E-state index in [9.17, 15) is 9.59 Å². The lowest BCUT2D eigenvalue weighted by Crippen LogP contribution is -2.26. The lowest BCUT2D eigenvalue weighted by Gasteiger charge is -2.17. The van der Waals surface area contributed by atoms with E-state index in [1.54, 1.807) is 4.90 Å². The van der Waals surface area contributed by atoms with Gasteiger partial charge < -0.3 is 10.2 Å². The molecule has 2 amide bonds. The van der Waals surface area contributed by atoms with Gasteiger partial charge in [-0.05, 0) is 18.6 Å². The zero-order chi connectivity index (χ0) is 20.7. The molecule has 0 aliphatic carbocycles. The Morgan fingerprint density at radius 3 is 2.14 bits per heavy atom. The molecule has 0 spiro atoms. The third kappa shape index (κ3) is 4.30. The molecular weight excluding hydrogens is 368 g/mol. The van der Waals surface area contributed by atoms with Gasteiger partial charge in [0, 0.05) is 5.56 Å². The molecule has 4 rings (SSSR count). The van der Waals surface area contributed by atoms with Crippen LogP contribution in [0, 0.1) is 0 Å². The monoisotopic (exact) mass is 396 g/mol. The molecule has 2 heterocycles. The molecule has 0 saturated carbocycles. The number of hydrogen-bond acceptors (Lipinski definition) is 3. The minimum absolute atomic E-state index is 0.0110. The van der Waals surface area contributed by atoms with Crippen LogP contribution < -0.4 is 10.2 Å². The maximum Gasteiger partial charge on any atom is 0.260 e. The van der Waals surface area contributed by atoms with Gasteiger partial charge in [-0.15, -0.1) is 0 Å². The number of carbonyl (C=O) groups excluding carboxylic acids is 2. The smallest absolute Gasteiger partial charge is 0.260 e. The van der Waals surface area contributed by atoms with Gasteiger partial charge in [0.1, 0.15) is 0 Å².